The van der Waals surface area contributed by atoms with Gasteiger partial charge < -0.3 is 0 Å². The Hall–Kier alpha value is 0.514. The van der Waals surface area contributed by atoms with Crippen molar-refractivity contribution in [1.29, 1.82) is 0 Å². The summed E-state index contributed by atoms with van der Waals surface area (Å²) in [6.07, 6.45) is -4.57. The van der Waals surface area contributed by atoms with Crippen molar-refractivity contribution in [3.05, 3.63) is 0 Å². The van der Waals surface area contributed by atoms with Gasteiger partial charge in [-0.25, -0.2) is 0 Å². The van der Waals surface area contributed by atoms with Crippen LogP contribution in [0.5, 0.6) is 0 Å². The van der Waals surface area contributed by atoms with E-state index in [0.29, 0.717) is 6.04 Å². The van der Waals surface area contributed by atoms with E-state index in [0.717, 1.165) is 9.55 Å². The number of halogens is 4. The first kappa shape index (κ1) is 15.0. The summed E-state index contributed by atoms with van der Waals surface area (Å²) in [6.45, 7) is 5.83. The van der Waals surface area contributed by atoms with Crippen LogP contribution < -0.4 is 0 Å². The molecule has 0 rings (SSSR count). The van der Waals surface area contributed by atoms with Crippen molar-refractivity contribution in [3.63, 3.8) is 0 Å². The highest BCUT2D eigenvalue weighted by molar-refractivity contribution is 6.80. The lowest BCUT2D eigenvalue weighted by Gasteiger charge is -2.16. The second-order valence-corrected chi connectivity index (χ2v) is 9.30. The lowest BCUT2D eigenvalue weighted by molar-refractivity contribution is -0.130. The molecule has 0 saturated heterocycles. The van der Waals surface area contributed by atoms with Gasteiger partial charge in [0.1, 0.15) is 9.55 Å². The van der Waals surface area contributed by atoms with Crippen molar-refractivity contribution in [1.82, 2.24) is 0 Å². The molecule has 0 atom stereocenters. The maximum atomic E-state index is 11.6. The molecule has 76 valence electrons. The van der Waals surface area contributed by atoms with Crippen LogP contribution in [0, 0.1) is 0 Å². The molecule has 0 aliphatic heterocycles. The van der Waals surface area contributed by atoms with E-state index in [1.807, 2.05) is 19.6 Å². The van der Waals surface area contributed by atoms with E-state index in [1.54, 1.807) is 0 Å². The summed E-state index contributed by atoms with van der Waals surface area (Å²) in [7, 11) is -0.709. The largest absolute Gasteiger partial charge is 0.388 e. The van der Waals surface area contributed by atoms with Gasteiger partial charge in [0.05, 0.1) is 0 Å². The standard InChI is InChI=1S/C6H13F3Si.ClH3Si/c1-10(2,3)5-4-6(7,8)9;1-2/h4-5H2,1-3H3;2H3. The summed E-state index contributed by atoms with van der Waals surface area (Å²) in [5.41, 5.74) is 0. The van der Waals surface area contributed by atoms with E-state index in [4.69, 9.17) is 11.1 Å². The quantitative estimate of drug-likeness (QED) is 0.511. The van der Waals surface area contributed by atoms with Crippen LogP contribution in [0.15, 0.2) is 0 Å². The molecule has 0 aromatic carbocycles. The van der Waals surface area contributed by atoms with Crippen molar-refractivity contribution in [2.75, 3.05) is 0 Å². The number of hydrogen-bond acceptors (Lipinski definition) is 0. The monoisotopic (exact) mass is 236 g/mol. The molecule has 12 heavy (non-hydrogen) atoms. The van der Waals surface area contributed by atoms with Crippen LogP contribution in [0.4, 0.5) is 13.2 Å². The van der Waals surface area contributed by atoms with Crippen LogP contribution in [-0.4, -0.2) is 23.8 Å². The zero-order chi connectivity index (χ0) is 10.4. The maximum Gasteiger partial charge on any atom is 0.388 e. The molecule has 0 amide bonds. The molecule has 0 fully saturated rings. The average molecular weight is 237 g/mol. The average Bonchev–Trinajstić information content (AvgIpc) is 1.86. The minimum Gasteiger partial charge on any atom is -0.181 e. The predicted octanol–water partition coefficient (Wildman–Crippen LogP) is 2.78. The Kier molecular flexibility index (Phi) is 7.56. The van der Waals surface area contributed by atoms with Gasteiger partial charge in [-0.3, -0.25) is 0 Å². The SMILES string of the molecule is C[Si](C)(C)CCC(F)(F)F.[SiH3]Cl. The van der Waals surface area contributed by atoms with Crippen LogP contribution >= 0.6 is 11.1 Å². The molecule has 0 aromatic rings. The van der Waals surface area contributed by atoms with Gasteiger partial charge in [0, 0.05) is 14.5 Å². The third-order valence-electron chi connectivity index (χ3n) is 1.16. The minimum atomic E-state index is -3.96. The Bertz CT molecular complexity index is 94.3. The van der Waals surface area contributed by atoms with E-state index in [2.05, 4.69) is 0 Å². The fraction of sp³-hybridized carbons (Fsp3) is 1.00. The van der Waals surface area contributed by atoms with E-state index in [9.17, 15) is 13.2 Å². The Balaban J connectivity index is 0. The van der Waals surface area contributed by atoms with Crippen LogP contribution in [-0.2, 0) is 0 Å². The molecule has 0 nitrogen and oxygen atoms in total. The third-order valence-corrected chi connectivity index (χ3v) is 2.91. The van der Waals surface area contributed by atoms with Crippen molar-refractivity contribution in [2.24, 2.45) is 0 Å². The zero-order valence-corrected chi connectivity index (χ0v) is 11.7. The van der Waals surface area contributed by atoms with Crippen molar-refractivity contribution >= 4 is 28.7 Å². The highest BCUT2D eigenvalue weighted by Gasteiger charge is 2.29. The minimum absolute atomic E-state index is 0.344. The lowest BCUT2D eigenvalue weighted by Crippen LogP contribution is -2.22. The first-order chi connectivity index (χ1) is 5.21. The molecule has 0 spiro atoms. The van der Waals surface area contributed by atoms with E-state index < -0.39 is 20.7 Å². The summed E-state index contributed by atoms with van der Waals surface area (Å²) in [4.78, 5) is 0. The molecular weight excluding hydrogens is 221 g/mol. The summed E-state index contributed by atoms with van der Waals surface area (Å²) in [6, 6.07) is 0.344. The molecule has 0 radical (unpaired) electrons. The lowest BCUT2D eigenvalue weighted by atomic mass is 10.5. The highest BCUT2D eigenvalue weighted by atomic mass is 35.6. The maximum absolute atomic E-state index is 11.6. The molecule has 0 N–H and O–H groups in total. The highest BCUT2D eigenvalue weighted by Crippen LogP contribution is 2.25. The molecule has 0 unspecified atom stereocenters. The molecule has 6 heteroatoms. The first-order valence-electron chi connectivity index (χ1n) is 3.65. The Labute approximate surface area is 80.6 Å². The van der Waals surface area contributed by atoms with Crippen LogP contribution in [0.1, 0.15) is 6.42 Å². The Morgan fingerprint density at radius 3 is 1.58 bits per heavy atom. The second kappa shape index (κ2) is 6.04. The van der Waals surface area contributed by atoms with E-state index in [-0.39, 0.29) is 0 Å². The van der Waals surface area contributed by atoms with Crippen molar-refractivity contribution in [2.45, 2.75) is 38.3 Å². The van der Waals surface area contributed by atoms with Gasteiger partial charge in [-0.05, 0) is 6.04 Å². The molecule has 0 aliphatic carbocycles. The third kappa shape index (κ3) is 16.9. The van der Waals surface area contributed by atoms with E-state index in [1.165, 1.54) is 0 Å². The van der Waals surface area contributed by atoms with Crippen LogP contribution in [0.2, 0.25) is 25.7 Å². The molecule has 0 aliphatic rings. The molecular formula is C6H16ClF3Si2. The normalized spacial score (nSPS) is 12.2. The zero-order valence-electron chi connectivity index (χ0n) is 7.93. The Morgan fingerprint density at radius 2 is 1.50 bits per heavy atom. The van der Waals surface area contributed by atoms with Gasteiger partial charge in [0.25, 0.3) is 0 Å². The fourth-order valence-corrected chi connectivity index (χ4v) is 1.55. The molecule has 0 saturated carbocycles. The topological polar surface area (TPSA) is 0 Å². The van der Waals surface area contributed by atoms with Gasteiger partial charge in [-0.1, -0.05) is 19.6 Å². The second-order valence-electron chi connectivity index (χ2n) is 3.68. The van der Waals surface area contributed by atoms with Gasteiger partial charge in [0.2, 0.25) is 0 Å². The molecule has 0 heterocycles. The predicted molar refractivity (Wildman–Crippen MR) is 54.6 cm³/mol. The fourth-order valence-electron chi connectivity index (χ4n) is 0.517. The van der Waals surface area contributed by atoms with Gasteiger partial charge in [-0.2, -0.15) is 24.3 Å². The molecule has 0 aromatic heterocycles. The summed E-state index contributed by atoms with van der Waals surface area (Å²) in [5, 5.41) is 0. The van der Waals surface area contributed by atoms with Crippen LogP contribution in [0.25, 0.3) is 0 Å². The smallest absolute Gasteiger partial charge is 0.181 e. The van der Waals surface area contributed by atoms with Crippen molar-refractivity contribution in [3.8, 4) is 0 Å². The number of rotatable bonds is 2. The van der Waals surface area contributed by atoms with Crippen LogP contribution in [0.3, 0.4) is 0 Å². The van der Waals surface area contributed by atoms with Gasteiger partial charge >= 0.3 is 6.18 Å². The first-order valence-corrected chi connectivity index (χ1v) is 10.4. The summed E-state index contributed by atoms with van der Waals surface area (Å²) < 4.78 is 34.8. The molecule has 0 bridgehead atoms. The van der Waals surface area contributed by atoms with E-state index >= 15 is 0 Å². The summed E-state index contributed by atoms with van der Waals surface area (Å²) in [5.74, 6) is 0. The number of hydrogen-bond donors (Lipinski definition) is 0. The number of alkyl halides is 3. The van der Waals surface area contributed by atoms with Gasteiger partial charge in [-0.15, -0.1) is 0 Å². The Morgan fingerprint density at radius 1 is 1.17 bits per heavy atom. The summed E-state index contributed by atoms with van der Waals surface area (Å²) >= 11 is 4.78. The van der Waals surface area contributed by atoms with Crippen molar-refractivity contribution < 1.29 is 13.2 Å². The van der Waals surface area contributed by atoms with Gasteiger partial charge in [0.15, 0.2) is 0 Å².